The molecule has 28 heavy (non-hydrogen) atoms. The number of nitrogens with zero attached hydrogens (tertiary/aromatic N) is 1. The Morgan fingerprint density at radius 3 is 2.50 bits per heavy atom. The van der Waals surface area contributed by atoms with Crippen molar-refractivity contribution >= 4 is 11.8 Å². The van der Waals surface area contributed by atoms with Gasteiger partial charge in [0.25, 0.3) is 0 Å². The summed E-state index contributed by atoms with van der Waals surface area (Å²) in [6.45, 7) is 5.55. The molecule has 154 valence electrons. The zero-order chi connectivity index (χ0) is 19.8. The summed E-state index contributed by atoms with van der Waals surface area (Å²) < 4.78 is 5.30. The summed E-state index contributed by atoms with van der Waals surface area (Å²) in [7, 11) is 0. The Labute approximate surface area is 168 Å². The first-order chi connectivity index (χ1) is 13.7. The van der Waals surface area contributed by atoms with Crippen molar-refractivity contribution in [1.29, 1.82) is 0 Å². The molecule has 1 unspecified atom stereocenters. The van der Waals surface area contributed by atoms with Gasteiger partial charge in [-0.15, -0.1) is 0 Å². The lowest BCUT2D eigenvalue weighted by Gasteiger charge is -2.36. The van der Waals surface area contributed by atoms with Crippen LogP contribution in [0.15, 0.2) is 30.3 Å². The van der Waals surface area contributed by atoms with Gasteiger partial charge in [-0.2, -0.15) is 0 Å². The minimum absolute atomic E-state index is 0.0336. The summed E-state index contributed by atoms with van der Waals surface area (Å²) in [5, 5.41) is 6.18. The number of piperidine rings is 1. The van der Waals surface area contributed by atoms with Gasteiger partial charge in [0, 0.05) is 31.7 Å². The zero-order valence-corrected chi connectivity index (χ0v) is 16.9. The van der Waals surface area contributed by atoms with E-state index in [4.69, 9.17) is 4.74 Å². The summed E-state index contributed by atoms with van der Waals surface area (Å²) in [5.74, 6) is 0.258. The molecule has 2 N–H and O–H groups in total. The van der Waals surface area contributed by atoms with Crippen molar-refractivity contribution < 1.29 is 14.3 Å². The standard InChI is InChI=1S/C22H33N3O3/c1-2-28-16-6-13-23-21(26)18-11-14-25(15-12-18)20(17-7-4-3-5-8-17)22(27)24-19-9-10-19/h3-5,7-8,18-20H,2,6,9-16H2,1H3,(H,23,26)(H,24,27). The fourth-order valence-corrected chi connectivity index (χ4v) is 3.77. The first-order valence-electron chi connectivity index (χ1n) is 10.6. The van der Waals surface area contributed by atoms with Crippen LogP contribution in [0.2, 0.25) is 0 Å². The van der Waals surface area contributed by atoms with Crippen LogP contribution < -0.4 is 10.6 Å². The highest BCUT2D eigenvalue weighted by molar-refractivity contribution is 5.84. The van der Waals surface area contributed by atoms with Crippen molar-refractivity contribution in [1.82, 2.24) is 15.5 Å². The first kappa shape index (κ1) is 20.8. The van der Waals surface area contributed by atoms with E-state index < -0.39 is 0 Å². The second-order valence-corrected chi connectivity index (χ2v) is 7.75. The predicted molar refractivity (Wildman–Crippen MR) is 109 cm³/mol. The molecule has 0 bridgehead atoms. The molecule has 0 aromatic heterocycles. The van der Waals surface area contributed by atoms with E-state index in [9.17, 15) is 9.59 Å². The molecule has 6 heteroatoms. The maximum atomic E-state index is 12.9. The van der Waals surface area contributed by atoms with Crippen molar-refractivity contribution in [3.05, 3.63) is 35.9 Å². The van der Waals surface area contributed by atoms with Crippen LogP contribution in [0.3, 0.4) is 0 Å². The topological polar surface area (TPSA) is 70.7 Å². The second-order valence-electron chi connectivity index (χ2n) is 7.75. The molecule has 2 amide bonds. The molecule has 1 aromatic carbocycles. The van der Waals surface area contributed by atoms with Crippen LogP contribution in [0.5, 0.6) is 0 Å². The van der Waals surface area contributed by atoms with Crippen LogP contribution in [0, 0.1) is 5.92 Å². The third-order valence-electron chi connectivity index (χ3n) is 5.52. The third-order valence-corrected chi connectivity index (χ3v) is 5.52. The van der Waals surface area contributed by atoms with Crippen LogP contribution in [0.4, 0.5) is 0 Å². The van der Waals surface area contributed by atoms with E-state index in [1.54, 1.807) is 0 Å². The van der Waals surface area contributed by atoms with Gasteiger partial charge in [-0.25, -0.2) is 0 Å². The number of benzene rings is 1. The molecule has 3 rings (SSSR count). The van der Waals surface area contributed by atoms with Gasteiger partial charge in [0.05, 0.1) is 0 Å². The summed E-state index contributed by atoms with van der Waals surface area (Å²) in [5.41, 5.74) is 1.03. The van der Waals surface area contributed by atoms with Gasteiger partial charge in [-0.1, -0.05) is 30.3 Å². The summed E-state index contributed by atoms with van der Waals surface area (Å²) >= 11 is 0. The van der Waals surface area contributed by atoms with Crippen molar-refractivity contribution in [3.8, 4) is 0 Å². The highest BCUT2D eigenvalue weighted by atomic mass is 16.5. The third kappa shape index (κ3) is 6.04. The van der Waals surface area contributed by atoms with E-state index >= 15 is 0 Å². The Bertz CT molecular complexity index is 625. The van der Waals surface area contributed by atoms with Gasteiger partial charge < -0.3 is 15.4 Å². The van der Waals surface area contributed by atoms with Gasteiger partial charge in [0.2, 0.25) is 11.8 Å². The number of rotatable bonds is 10. The minimum Gasteiger partial charge on any atom is -0.382 e. The highest BCUT2D eigenvalue weighted by Gasteiger charge is 2.35. The molecule has 0 radical (unpaired) electrons. The molecule has 1 aliphatic heterocycles. The second kappa shape index (κ2) is 10.6. The normalized spacial score (nSPS) is 19.2. The molecule has 1 aliphatic carbocycles. The van der Waals surface area contributed by atoms with Crippen LogP contribution in [-0.4, -0.2) is 55.6 Å². The van der Waals surface area contributed by atoms with Gasteiger partial charge in [-0.05, 0) is 57.7 Å². The predicted octanol–water partition coefficient (Wildman–Crippen LogP) is 2.26. The highest BCUT2D eigenvalue weighted by Crippen LogP contribution is 2.29. The van der Waals surface area contributed by atoms with Gasteiger partial charge in [0.1, 0.15) is 6.04 Å². The summed E-state index contributed by atoms with van der Waals surface area (Å²) in [6.07, 6.45) is 4.59. The van der Waals surface area contributed by atoms with E-state index in [1.165, 1.54) is 0 Å². The number of amides is 2. The van der Waals surface area contributed by atoms with E-state index in [2.05, 4.69) is 15.5 Å². The van der Waals surface area contributed by atoms with Gasteiger partial charge >= 0.3 is 0 Å². The molecule has 1 atom stereocenters. The molecule has 1 heterocycles. The lowest BCUT2D eigenvalue weighted by molar-refractivity contribution is -0.129. The fraction of sp³-hybridized carbons (Fsp3) is 0.636. The lowest BCUT2D eigenvalue weighted by atomic mass is 9.93. The van der Waals surface area contributed by atoms with Crippen molar-refractivity contribution in [2.45, 2.75) is 51.1 Å². The number of nitrogens with one attached hydrogen (secondary N) is 2. The lowest BCUT2D eigenvalue weighted by Crippen LogP contribution is -2.47. The summed E-state index contributed by atoms with van der Waals surface area (Å²) in [4.78, 5) is 27.5. The molecule has 1 aromatic rings. The SMILES string of the molecule is CCOCCCNC(=O)C1CCN(C(C(=O)NC2CC2)c2ccccc2)CC1. The van der Waals surface area contributed by atoms with Crippen molar-refractivity contribution in [2.24, 2.45) is 5.92 Å². The quantitative estimate of drug-likeness (QED) is 0.604. The molecule has 1 saturated carbocycles. The number of likely N-dealkylation sites (tertiary alicyclic amines) is 1. The molecule has 2 aliphatic rings. The smallest absolute Gasteiger partial charge is 0.242 e. The van der Waals surface area contributed by atoms with E-state index in [0.717, 1.165) is 50.8 Å². The Morgan fingerprint density at radius 2 is 1.86 bits per heavy atom. The molecule has 2 fully saturated rings. The minimum atomic E-state index is -0.267. The first-order valence-corrected chi connectivity index (χ1v) is 10.6. The van der Waals surface area contributed by atoms with Crippen LogP contribution in [0.1, 0.15) is 50.6 Å². The van der Waals surface area contributed by atoms with E-state index in [0.29, 0.717) is 25.8 Å². The number of carbonyl (C=O) groups excluding carboxylic acids is 2. The van der Waals surface area contributed by atoms with Gasteiger partial charge in [0.15, 0.2) is 0 Å². The maximum Gasteiger partial charge on any atom is 0.242 e. The Kier molecular flexibility index (Phi) is 7.86. The van der Waals surface area contributed by atoms with Crippen LogP contribution >= 0.6 is 0 Å². The number of hydrogen-bond donors (Lipinski definition) is 2. The fourth-order valence-electron chi connectivity index (χ4n) is 3.77. The van der Waals surface area contributed by atoms with E-state index in [-0.39, 0.29) is 23.8 Å². The van der Waals surface area contributed by atoms with Crippen molar-refractivity contribution in [2.75, 3.05) is 32.8 Å². The average molecular weight is 388 g/mol. The van der Waals surface area contributed by atoms with Crippen molar-refractivity contribution in [3.63, 3.8) is 0 Å². The van der Waals surface area contributed by atoms with Crippen LogP contribution in [0.25, 0.3) is 0 Å². The molecular formula is C22H33N3O3. The number of carbonyl (C=O) groups is 2. The molecule has 1 saturated heterocycles. The monoisotopic (exact) mass is 387 g/mol. The number of ether oxygens (including phenoxy) is 1. The largest absolute Gasteiger partial charge is 0.382 e. The zero-order valence-electron chi connectivity index (χ0n) is 16.9. The molecule has 6 nitrogen and oxygen atoms in total. The van der Waals surface area contributed by atoms with E-state index in [1.807, 2.05) is 37.3 Å². The van der Waals surface area contributed by atoms with Crippen LogP contribution in [-0.2, 0) is 14.3 Å². The maximum absolute atomic E-state index is 12.9. The Balaban J connectivity index is 1.51. The Morgan fingerprint density at radius 1 is 1.14 bits per heavy atom. The molecule has 0 spiro atoms. The number of hydrogen-bond acceptors (Lipinski definition) is 4. The summed E-state index contributed by atoms with van der Waals surface area (Å²) in [6, 6.07) is 10.1. The molecular weight excluding hydrogens is 354 g/mol. The average Bonchev–Trinajstić information content (AvgIpc) is 3.53. The van der Waals surface area contributed by atoms with Gasteiger partial charge in [-0.3, -0.25) is 14.5 Å². The Hall–Kier alpha value is -1.92.